The van der Waals surface area contributed by atoms with Crippen molar-refractivity contribution in [2.75, 3.05) is 36.4 Å². The standard InChI is InChI=1S/C15H21N3O2/c1-3-15(20)16-13-5-4-6-14(11-13)18-9-7-17(8-10-18)12(2)19/h4-6,11H,3,7-10H2,1-2H3,(H,16,20). The molecule has 0 bridgehead atoms. The molecule has 0 atom stereocenters. The first-order valence-corrected chi connectivity index (χ1v) is 7.00. The van der Waals surface area contributed by atoms with E-state index in [1.165, 1.54) is 0 Å². The maximum Gasteiger partial charge on any atom is 0.224 e. The fourth-order valence-electron chi connectivity index (χ4n) is 2.31. The third-order valence-corrected chi connectivity index (χ3v) is 3.54. The van der Waals surface area contributed by atoms with Crippen LogP contribution in [0.3, 0.4) is 0 Å². The van der Waals surface area contributed by atoms with Gasteiger partial charge in [0, 0.05) is 50.9 Å². The summed E-state index contributed by atoms with van der Waals surface area (Å²) in [7, 11) is 0. The molecule has 0 aliphatic carbocycles. The van der Waals surface area contributed by atoms with Gasteiger partial charge in [-0.2, -0.15) is 0 Å². The Balaban J connectivity index is 2.01. The average Bonchev–Trinajstić information content (AvgIpc) is 2.47. The molecular formula is C15H21N3O2. The number of nitrogens with zero attached hydrogens (tertiary/aromatic N) is 2. The van der Waals surface area contributed by atoms with Gasteiger partial charge in [0.25, 0.3) is 0 Å². The number of nitrogens with one attached hydrogen (secondary N) is 1. The van der Waals surface area contributed by atoms with Crippen LogP contribution < -0.4 is 10.2 Å². The van der Waals surface area contributed by atoms with E-state index in [0.717, 1.165) is 37.6 Å². The predicted molar refractivity (Wildman–Crippen MR) is 79.8 cm³/mol. The van der Waals surface area contributed by atoms with Gasteiger partial charge in [-0.25, -0.2) is 0 Å². The van der Waals surface area contributed by atoms with Crippen LogP contribution in [0.25, 0.3) is 0 Å². The molecule has 0 unspecified atom stereocenters. The fraction of sp³-hybridized carbons (Fsp3) is 0.467. The maximum atomic E-state index is 11.4. The molecule has 0 spiro atoms. The van der Waals surface area contributed by atoms with Crippen molar-refractivity contribution < 1.29 is 9.59 Å². The lowest BCUT2D eigenvalue weighted by molar-refractivity contribution is -0.129. The molecule has 1 aromatic rings. The van der Waals surface area contributed by atoms with Crippen LogP contribution in [-0.4, -0.2) is 42.9 Å². The largest absolute Gasteiger partial charge is 0.368 e. The third kappa shape index (κ3) is 3.50. The van der Waals surface area contributed by atoms with Crippen molar-refractivity contribution in [1.29, 1.82) is 0 Å². The molecule has 0 saturated carbocycles. The van der Waals surface area contributed by atoms with Crippen molar-refractivity contribution in [3.8, 4) is 0 Å². The van der Waals surface area contributed by atoms with E-state index in [1.807, 2.05) is 36.1 Å². The highest BCUT2D eigenvalue weighted by Crippen LogP contribution is 2.21. The maximum absolute atomic E-state index is 11.4. The van der Waals surface area contributed by atoms with Gasteiger partial charge in [0.15, 0.2) is 0 Å². The molecule has 1 N–H and O–H groups in total. The van der Waals surface area contributed by atoms with Crippen LogP contribution >= 0.6 is 0 Å². The predicted octanol–water partition coefficient (Wildman–Crippen LogP) is 1.70. The number of piperazine rings is 1. The van der Waals surface area contributed by atoms with Gasteiger partial charge in [0.05, 0.1) is 0 Å². The quantitative estimate of drug-likeness (QED) is 0.913. The monoisotopic (exact) mass is 275 g/mol. The van der Waals surface area contributed by atoms with E-state index in [2.05, 4.69) is 10.2 Å². The number of carbonyl (C=O) groups excluding carboxylic acids is 2. The second-order valence-corrected chi connectivity index (χ2v) is 4.95. The summed E-state index contributed by atoms with van der Waals surface area (Å²) in [6, 6.07) is 7.85. The van der Waals surface area contributed by atoms with E-state index in [4.69, 9.17) is 0 Å². The van der Waals surface area contributed by atoms with Crippen LogP contribution in [0.2, 0.25) is 0 Å². The first kappa shape index (κ1) is 14.4. The molecule has 2 amide bonds. The van der Waals surface area contributed by atoms with Gasteiger partial charge < -0.3 is 15.1 Å². The Kier molecular flexibility index (Phi) is 4.61. The molecule has 20 heavy (non-hydrogen) atoms. The Morgan fingerprint density at radius 1 is 1.20 bits per heavy atom. The molecule has 5 nitrogen and oxygen atoms in total. The van der Waals surface area contributed by atoms with Gasteiger partial charge in [-0.15, -0.1) is 0 Å². The Morgan fingerprint density at radius 3 is 2.50 bits per heavy atom. The zero-order valence-corrected chi connectivity index (χ0v) is 12.1. The molecule has 1 fully saturated rings. The van der Waals surface area contributed by atoms with Crippen LogP contribution in [0.5, 0.6) is 0 Å². The Bertz CT molecular complexity index is 494. The molecule has 1 saturated heterocycles. The topological polar surface area (TPSA) is 52.7 Å². The van der Waals surface area contributed by atoms with Crippen molar-refractivity contribution in [2.45, 2.75) is 20.3 Å². The molecule has 1 aliphatic heterocycles. The summed E-state index contributed by atoms with van der Waals surface area (Å²) in [5, 5.41) is 2.87. The molecule has 0 radical (unpaired) electrons. The van der Waals surface area contributed by atoms with Crippen molar-refractivity contribution >= 4 is 23.2 Å². The number of carbonyl (C=O) groups is 2. The van der Waals surface area contributed by atoms with Gasteiger partial charge >= 0.3 is 0 Å². The highest BCUT2D eigenvalue weighted by atomic mass is 16.2. The van der Waals surface area contributed by atoms with Gasteiger partial charge in [0.2, 0.25) is 11.8 Å². The van der Waals surface area contributed by atoms with Crippen LogP contribution in [0.1, 0.15) is 20.3 Å². The smallest absolute Gasteiger partial charge is 0.224 e. The second-order valence-electron chi connectivity index (χ2n) is 4.95. The molecule has 1 aromatic carbocycles. The molecule has 1 heterocycles. The molecule has 2 rings (SSSR count). The first-order chi connectivity index (χ1) is 9.60. The Labute approximate surface area is 119 Å². The highest BCUT2D eigenvalue weighted by Gasteiger charge is 2.18. The van der Waals surface area contributed by atoms with Crippen molar-refractivity contribution in [2.24, 2.45) is 0 Å². The molecular weight excluding hydrogens is 254 g/mol. The zero-order chi connectivity index (χ0) is 14.5. The van der Waals surface area contributed by atoms with E-state index < -0.39 is 0 Å². The van der Waals surface area contributed by atoms with E-state index in [0.29, 0.717) is 6.42 Å². The minimum atomic E-state index is 0.0172. The second kappa shape index (κ2) is 6.41. The fourth-order valence-corrected chi connectivity index (χ4v) is 2.31. The summed E-state index contributed by atoms with van der Waals surface area (Å²) in [5.41, 5.74) is 1.91. The summed E-state index contributed by atoms with van der Waals surface area (Å²) in [6.07, 6.45) is 0.474. The van der Waals surface area contributed by atoms with Gasteiger partial charge in [-0.1, -0.05) is 13.0 Å². The zero-order valence-electron chi connectivity index (χ0n) is 12.1. The highest BCUT2D eigenvalue weighted by molar-refractivity contribution is 5.91. The normalized spacial score (nSPS) is 15.1. The van der Waals surface area contributed by atoms with E-state index in [-0.39, 0.29) is 11.8 Å². The van der Waals surface area contributed by atoms with Crippen LogP contribution in [0, 0.1) is 0 Å². The molecule has 5 heteroatoms. The van der Waals surface area contributed by atoms with Crippen molar-refractivity contribution in [3.63, 3.8) is 0 Å². The Morgan fingerprint density at radius 2 is 1.90 bits per heavy atom. The Hall–Kier alpha value is -2.04. The van der Waals surface area contributed by atoms with Gasteiger partial charge in [-0.3, -0.25) is 9.59 Å². The molecule has 0 aromatic heterocycles. The first-order valence-electron chi connectivity index (χ1n) is 7.00. The van der Waals surface area contributed by atoms with E-state index in [9.17, 15) is 9.59 Å². The lowest BCUT2D eigenvalue weighted by Crippen LogP contribution is -2.48. The minimum Gasteiger partial charge on any atom is -0.368 e. The van der Waals surface area contributed by atoms with Gasteiger partial charge in [-0.05, 0) is 18.2 Å². The summed E-state index contributed by atoms with van der Waals surface area (Å²) in [5.74, 6) is 0.150. The summed E-state index contributed by atoms with van der Waals surface area (Å²) < 4.78 is 0. The molecule has 1 aliphatic rings. The summed E-state index contributed by atoms with van der Waals surface area (Å²) in [4.78, 5) is 26.8. The summed E-state index contributed by atoms with van der Waals surface area (Å²) >= 11 is 0. The van der Waals surface area contributed by atoms with Crippen molar-refractivity contribution in [1.82, 2.24) is 4.90 Å². The molecule has 108 valence electrons. The number of benzene rings is 1. The average molecular weight is 275 g/mol. The van der Waals surface area contributed by atoms with Crippen LogP contribution in [-0.2, 0) is 9.59 Å². The lowest BCUT2D eigenvalue weighted by atomic mass is 10.2. The number of anilines is 2. The SMILES string of the molecule is CCC(=O)Nc1cccc(N2CCN(C(C)=O)CC2)c1. The lowest BCUT2D eigenvalue weighted by Gasteiger charge is -2.35. The van der Waals surface area contributed by atoms with E-state index in [1.54, 1.807) is 6.92 Å². The number of amides is 2. The van der Waals surface area contributed by atoms with Crippen LogP contribution in [0.4, 0.5) is 11.4 Å². The number of hydrogen-bond donors (Lipinski definition) is 1. The summed E-state index contributed by atoms with van der Waals surface area (Å²) in [6.45, 7) is 6.59. The number of rotatable bonds is 3. The third-order valence-electron chi connectivity index (χ3n) is 3.54. The van der Waals surface area contributed by atoms with Gasteiger partial charge in [0.1, 0.15) is 0 Å². The van der Waals surface area contributed by atoms with Crippen molar-refractivity contribution in [3.05, 3.63) is 24.3 Å². The van der Waals surface area contributed by atoms with Crippen LogP contribution in [0.15, 0.2) is 24.3 Å². The minimum absolute atomic E-state index is 0.0172. The van der Waals surface area contributed by atoms with E-state index >= 15 is 0 Å². The number of hydrogen-bond acceptors (Lipinski definition) is 3.